The Labute approximate surface area is 140 Å². The fourth-order valence-corrected chi connectivity index (χ4v) is 2.82. The van der Waals surface area contributed by atoms with Gasteiger partial charge in [0.2, 0.25) is 0 Å². The number of halogens is 1. The first-order valence-electron chi connectivity index (χ1n) is 7.58. The lowest BCUT2D eigenvalue weighted by Gasteiger charge is -2.31. The standard InChI is InChI=1S/C16H24BrN3O2/c1-16(2,3)22-15(21)20-9-5-6-13(20)11-19(4)14-8-7-12(17)10-18-14/h7-8,10,13H,5-6,9,11H2,1-4H3/t13-/m1/s1. The van der Waals surface area contributed by atoms with Gasteiger partial charge in [-0.3, -0.25) is 0 Å². The first-order valence-corrected chi connectivity index (χ1v) is 8.38. The second kappa shape index (κ2) is 6.86. The molecule has 5 nitrogen and oxygen atoms in total. The monoisotopic (exact) mass is 369 g/mol. The van der Waals surface area contributed by atoms with Crippen LogP contribution in [-0.2, 0) is 4.74 Å². The maximum Gasteiger partial charge on any atom is 0.410 e. The van der Waals surface area contributed by atoms with Crippen LogP contribution in [0.1, 0.15) is 33.6 Å². The van der Waals surface area contributed by atoms with Crippen LogP contribution in [0.2, 0.25) is 0 Å². The Morgan fingerprint density at radius 1 is 1.50 bits per heavy atom. The van der Waals surface area contributed by atoms with Crippen molar-refractivity contribution in [3.05, 3.63) is 22.8 Å². The highest BCUT2D eigenvalue weighted by atomic mass is 79.9. The zero-order chi connectivity index (χ0) is 16.3. The van der Waals surface area contributed by atoms with Gasteiger partial charge in [0.25, 0.3) is 0 Å². The van der Waals surface area contributed by atoms with Gasteiger partial charge in [-0.05, 0) is 61.7 Å². The molecule has 0 aliphatic carbocycles. The molecule has 2 rings (SSSR count). The number of aromatic nitrogens is 1. The molecule has 0 saturated carbocycles. The van der Waals surface area contributed by atoms with Gasteiger partial charge in [-0.25, -0.2) is 9.78 Å². The van der Waals surface area contributed by atoms with Gasteiger partial charge in [0.15, 0.2) is 0 Å². The Balaban J connectivity index is 1.98. The van der Waals surface area contributed by atoms with Crippen LogP contribution in [0.5, 0.6) is 0 Å². The Morgan fingerprint density at radius 2 is 2.23 bits per heavy atom. The van der Waals surface area contributed by atoms with E-state index in [1.165, 1.54) is 0 Å². The van der Waals surface area contributed by atoms with Crippen LogP contribution in [0, 0.1) is 0 Å². The molecule has 0 unspecified atom stereocenters. The lowest BCUT2D eigenvalue weighted by atomic mass is 10.2. The Morgan fingerprint density at radius 3 is 2.82 bits per heavy atom. The van der Waals surface area contributed by atoms with E-state index >= 15 is 0 Å². The van der Waals surface area contributed by atoms with E-state index in [9.17, 15) is 4.79 Å². The molecule has 0 aromatic carbocycles. The average molecular weight is 370 g/mol. The number of nitrogens with zero attached hydrogens (tertiary/aromatic N) is 3. The van der Waals surface area contributed by atoms with Gasteiger partial charge in [-0.2, -0.15) is 0 Å². The maximum atomic E-state index is 12.3. The zero-order valence-electron chi connectivity index (χ0n) is 13.7. The quantitative estimate of drug-likeness (QED) is 0.814. The summed E-state index contributed by atoms with van der Waals surface area (Å²) in [5.41, 5.74) is -0.455. The second-order valence-electron chi connectivity index (χ2n) is 6.68. The number of rotatable bonds is 3. The zero-order valence-corrected chi connectivity index (χ0v) is 15.3. The van der Waals surface area contributed by atoms with Crippen molar-refractivity contribution in [2.75, 3.05) is 25.0 Å². The molecule has 22 heavy (non-hydrogen) atoms. The summed E-state index contributed by atoms with van der Waals surface area (Å²) >= 11 is 3.39. The van der Waals surface area contributed by atoms with Crippen molar-refractivity contribution in [2.24, 2.45) is 0 Å². The molecular weight excluding hydrogens is 346 g/mol. The van der Waals surface area contributed by atoms with Crippen molar-refractivity contribution in [1.82, 2.24) is 9.88 Å². The van der Waals surface area contributed by atoms with E-state index in [0.29, 0.717) is 0 Å². The Bertz CT molecular complexity index is 513. The van der Waals surface area contributed by atoms with Crippen LogP contribution < -0.4 is 4.90 Å². The van der Waals surface area contributed by atoms with E-state index in [1.807, 2.05) is 44.9 Å². The highest BCUT2D eigenvalue weighted by Crippen LogP contribution is 2.23. The number of hydrogen-bond donors (Lipinski definition) is 0. The van der Waals surface area contributed by atoms with Gasteiger partial charge in [-0.1, -0.05) is 0 Å². The minimum Gasteiger partial charge on any atom is -0.444 e. The molecule has 1 atom stereocenters. The molecular formula is C16H24BrN3O2. The Kier molecular flexibility index (Phi) is 5.32. The number of likely N-dealkylation sites (tertiary alicyclic amines) is 1. The number of ether oxygens (including phenoxy) is 1. The van der Waals surface area contributed by atoms with Gasteiger partial charge in [-0.15, -0.1) is 0 Å². The van der Waals surface area contributed by atoms with Crippen LogP contribution in [0.4, 0.5) is 10.6 Å². The minimum absolute atomic E-state index is 0.172. The number of hydrogen-bond acceptors (Lipinski definition) is 4. The minimum atomic E-state index is -0.455. The first-order chi connectivity index (χ1) is 10.3. The molecule has 1 aromatic rings. The molecule has 0 radical (unpaired) electrons. The molecule has 2 heterocycles. The smallest absolute Gasteiger partial charge is 0.410 e. The molecule has 1 amide bonds. The molecule has 0 spiro atoms. The molecule has 1 fully saturated rings. The van der Waals surface area contributed by atoms with Crippen LogP contribution >= 0.6 is 15.9 Å². The molecule has 0 bridgehead atoms. The van der Waals surface area contributed by atoms with Crippen molar-refractivity contribution in [2.45, 2.75) is 45.3 Å². The van der Waals surface area contributed by atoms with Crippen LogP contribution in [0.25, 0.3) is 0 Å². The normalized spacial score (nSPS) is 18.4. The third kappa shape index (κ3) is 4.60. The maximum absolute atomic E-state index is 12.3. The number of amides is 1. The molecule has 1 aromatic heterocycles. The first kappa shape index (κ1) is 17.1. The summed E-state index contributed by atoms with van der Waals surface area (Å²) in [5, 5.41) is 0. The summed E-state index contributed by atoms with van der Waals surface area (Å²) < 4.78 is 6.46. The molecule has 6 heteroatoms. The number of pyridine rings is 1. The van der Waals surface area contributed by atoms with Crippen molar-refractivity contribution >= 4 is 27.8 Å². The summed E-state index contributed by atoms with van der Waals surface area (Å²) in [7, 11) is 2.00. The summed E-state index contributed by atoms with van der Waals surface area (Å²) in [6.45, 7) is 7.21. The van der Waals surface area contributed by atoms with E-state index in [4.69, 9.17) is 4.74 Å². The number of carbonyl (C=O) groups is 1. The van der Waals surface area contributed by atoms with Crippen molar-refractivity contribution < 1.29 is 9.53 Å². The largest absolute Gasteiger partial charge is 0.444 e. The molecule has 1 aliphatic rings. The lowest BCUT2D eigenvalue weighted by Crippen LogP contribution is -2.44. The van der Waals surface area contributed by atoms with E-state index in [0.717, 1.165) is 36.2 Å². The Hall–Kier alpha value is -1.30. The fraction of sp³-hybridized carbons (Fsp3) is 0.625. The van der Waals surface area contributed by atoms with Crippen molar-refractivity contribution in [3.8, 4) is 0 Å². The summed E-state index contributed by atoms with van der Waals surface area (Å²) in [6, 6.07) is 4.11. The van der Waals surface area contributed by atoms with Crippen molar-refractivity contribution in [3.63, 3.8) is 0 Å². The molecule has 1 saturated heterocycles. The summed E-state index contributed by atoms with van der Waals surface area (Å²) in [4.78, 5) is 20.6. The predicted molar refractivity (Wildman–Crippen MR) is 91.2 cm³/mol. The lowest BCUT2D eigenvalue weighted by molar-refractivity contribution is 0.0232. The van der Waals surface area contributed by atoms with E-state index < -0.39 is 5.60 Å². The average Bonchev–Trinajstić information content (AvgIpc) is 2.85. The molecule has 122 valence electrons. The highest BCUT2D eigenvalue weighted by Gasteiger charge is 2.32. The summed E-state index contributed by atoms with van der Waals surface area (Å²) in [5.74, 6) is 0.902. The third-order valence-corrected chi connectivity index (χ3v) is 4.06. The third-order valence-electron chi connectivity index (χ3n) is 3.59. The second-order valence-corrected chi connectivity index (χ2v) is 7.60. The van der Waals surface area contributed by atoms with Gasteiger partial charge in [0, 0.05) is 30.8 Å². The van der Waals surface area contributed by atoms with Gasteiger partial charge < -0.3 is 14.5 Å². The topological polar surface area (TPSA) is 45.7 Å². The van der Waals surface area contributed by atoms with Gasteiger partial charge in [0.1, 0.15) is 11.4 Å². The van der Waals surface area contributed by atoms with Crippen LogP contribution in [-0.4, -0.2) is 47.8 Å². The number of carbonyl (C=O) groups excluding carboxylic acids is 1. The van der Waals surface area contributed by atoms with Crippen LogP contribution in [0.15, 0.2) is 22.8 Å². The van der Waals surface area contributed by atoms with Gasteiger partial charge >= 0.3 is 6.09 Å². The highest BCUT2D eigenvalue weighted by molar-refractivity contribution is 9.10. The number of anilines is 1. The number of likely N-dealkylation sites (N-methyl/N-ethyl adjacent to an activating group) is 1. The van der Waals surface area contributed by atoms with E-state index in [2.05, 4.69) is 25.8 Å². The SMILES string of the molecule is CN(C[C@H]1CCCN1C(=O)OC(C)(C)C)c1ccc(Br)cn1. The van der Waals surface area contributed by atoms with E-state index in [1.54, 1.807) is 6.20 Å². The van der Waals surface area contributed by atoms with E-state index in [-0.39, 0.29) is 12.1 Å². The molecule has 1 aliphatic heterocycles. The van der Waals surface area contributed by atoms with Crippen LogP contribution in [0.3, 0.4) is 0 Å². The molecule has 0 N–H and O–H groups in total. The fourth-order valence-electron chi connectivity index (χ4n) is 2.59. The predicted octanol–water partition coefficient (Wildman–Crippen LogP) is 3.68. The van der Waals surface area contributed by atoms with Crippen molar-refractivity contribution in [1.29, 1.82) is 0 Å². The summed E-state index contributed by atoms with van der Waals surface area (Å²) in [6.07, 6.45) is 3.59. The van der Waals surface area contributed by atoms with Gasteiger partial charge in [0.05, 0.1) is 6.04 Å².